The Balaban J connectivity index is 2.14. The van der Waals surface area contributed by atoms with Gasteiger partial charge in [0.05, 0.1) is 11.5 Å². The summed E-state index contributed by atoms with van der Waals surface area (Å²) in [4.78, 5) is 0.951. The first kappa shape index (κ1) is 14.3. The van der Waals surface area contributed by atoms with E-state index in [0.29, 0.717) is 18.0 Å². The molecule has 0 aliphatic heterocycles. The van der Waals surface area contributed by atoms with Gasteiger partial charge in [0.15, 0.2) is 5.69 Å². The molecule has 0 aliphatic carbocycles. The molecular formula is C16H14N4OS. The molecule has 2 heterocycles. The molecule has 0 spiro atoms. The standard InChI is InChI=1S/C16H14N4OS/c1-2-9-21-14-7-4-3-6-13(14)20-16(12(11-17)18-19-20)15-8-5-10-22-15/h3-8,10H,2,9H2,1H3. The van der Waals surface area contributed by atoms with Crippen molar-refractivity contribution in [2.75, 3.05) is 6.61 Å². The van der Waals surface area contributed by atoms with Crippen molar-refractivity contribution in [2.24, 2.45) is 0 Å². The van der Waals surface area contributed by atoms with Crippen molar-refractivity contribution >= 4 is 11.3 Å². The van der Waals surface area contributed by atoms with E-state index < -0.39 is 0 Å². The lowest BCUT2D eigenvalue weighted by atomic mass is 10.2. The van der Waals surface area contributed by atoms with E-state index in [1.165, 1.54) is 0 Å². The van der Waals surface area contributed by atoms with Gasteiger partial charge in [0, 0.05) is 0 Å². The summed E-state index contributed by atoms with van der Waals surface area (Å²) in [5.41, 5.74) is 1.80. The smallest absolute Gasteiger partial charge is 0.191 e. The van der Waals surface area contributed by atoms with E-state index in [1.54, 1.807) is 16.0 Å². The molecule has 0 bridgehead atoms. The summed E-state index contributed by atoms with van der Waals surface area (Å²) in [6, 6.07) is 13.7. The average Bonchev–Trinajstić information content (AvgIpc) is 3.21. The lowest BCUT2D eigenvalue weighted by Crippen LogP contribution is -2.04. The van der Waals surface area contributed by atoms with Gasteiger partial charge in [0.25, 0.3) is 0 Å². The van der Waals surface area contributed by atoms with Crippen LogP contribution in [0.25, 0.3) is 16.3 Å². The van der Waals surface area contributed by atoms with Gasteiger partial charge in [-0.15, -0.1) is 16.4 Å². The Morgan fingerprint density at radius 2 is 2.14 bits per heavy atom. The third-order valence-electron chi connectivity index (χ3n) is 3.09. The van der Waals surface area contributed by atoms with Crippen LogP contribution < -0.4 is 4.74 Å². The molecule has 0 unspecified atom stereocenters. The summed E-state index contributed by atoms with van der Waals surface area (Å²) in [6.45, 7) is 2.69. The highest BCUT2D eigenvalue weighted by atomic mass is 32.1. The quantitative estimate of drug-likeness (QED) is 0.721. The molecule has 5 nitrogen and oxygen atoms in total. The van der Waals surface area contributed by atoms with Crippen molar-refractivity contribution in [1.29, 1.82) is 5.26 Å². The summed E-state index contributed by atoms with van der Waals surface area (Å²) in [5.74, 6) is 0.733. The topological polar surface area (TPSA) is 63.7 Å². The zero-order chi connectivity index (χ0) is 15.4. The normalized spacial score (nSPS) is 10.4. The summed E-state index contributed by atoms with van der Waals surface area (Å²) in [6.07, 6.45) is 0.924. The molecule has 3 aromatic rings. The number of nitriles is 1. The highest BCUT2D eigenvalue weighted by molar-refractivity contribution is 7.13. The Bertz CT molecular complexity index is 802. The van der Waals surface area contributed by atoms with Crippen LogP contribution in [0.4, 0.5) is 0 Å². The number of nitrogens with zero attached hydrogens (tertiary/aromatic N) is 4. The lowest BCUT2D eigenvalue weighted by molar-refractivity contribution is 0.316. The fourth-order valence-electron chi connectivity index (χ4n) is 2.13. The number of aromatic nitrogens is 3. The largest absolute Gasteiger partial charge is 0.491 e. The summed E-state index contributed by atoms with van der Waals surface area (Å²) < 4.78 is 7.46. The van der Waals surface area contributed by atoms with Gasteiger partial charge in [-0.25, -0.2) is 4.68 Å². The Labute approximate surface area is 132 Å². The molecule has 0 fully saturated rings. The second-order valence-corrected chi connectivity index (χ2v) is 5.55. The number of rotatable bonds is 5. The molecule has 6 heteroatoms. The molecular weight excluding hydrogens is 296 g/mol. The Morgan fingerprint density at radius 1 is 1.27 bits per heavy atom. The Kier molecular flexibility index (Phi) is 4.17. The summed E-state index contributed by atoms with van der Waals surface area (Å²) in [7, 11) is 0. The van der Waals surface area contributed by atoms with Crippen molar-refractivity contribution in [3.8, 4) is 28.1 Å². The van der Waals surface area contributed by atoms with Crippen LogP contribution in [0.1, 0.15) is 19.0 Å². The maximum absolute atomic E-state index is 9.30. The fourth-order valence-corrected chi connectivity index (χ4v) is 2.88. The number of para-hydroxylation sites is 2. The molecule has 0 saturated heterocycles. The first-order valence-corrected chi connectivity index (χ1v) is 7.85. The summed E-state index contributed by atoms with van der Waals surface area (Å²) >= 11 is 1.55. The van der Waals surface area contributed by atoms with Crippen LogP contribution in [-0.4, -0.2) is 21.6 Å². The SMILES string of the molecule is CCCOc1ccccc1-n1nnc(C#N)c1-c1cccs1. The number of ether oxygens (including phenoxy) is 1. The zero-order valence-electron chi connectivity index (χ0n) is 12.1. The fraction of sp³-hybridized carbons (Fsp3) is 0.188. The van der Waals surface area contributed by atoms with Gasteiger partial charge < -0.3 is 4.74 Å². The molecule has 0 aliphatic rings. The van der Waals surface area contributed by atoms with Crippen molar-refractivity contribution in [3.05, 3.63) is 47.5 Å². The van der Waals surface area contributed by atoms with E-state index >= 15 is 0 Å². The molecule has 2 aromatic heterocycles. The number of hydrogen-bond donors (Lipinski definition) is 0. The van der Waals surface area contributed by atoms with Crippen molar-refractivity contribution < 1.29 is 4.74 Å². The van der Waals surface area contributed by atoms with Crippen molar-refractivity contribution in [2.45, 2.75) is 13.3 Å². The molecule has 0 saturated carbocycles. The Morgan fingerprint density at radius 3 is 2.86 bits per heavy atom. The van der Waals surface area contributed by atoms with Crippen LogP contribution >= 0.6 is 11.3 Å². The molecule has 0 amide bonds. The van der Waals surface area contributed by atoms with Crippen molar-refractivity contribution in [3.63, 3.8) is 0 Å². The van der Waals surface area contributed by atoms with Crippen LogP contribution in [-0.2, 0) is 0 Å². The molecule has 110 valence electrons. The van der Waals surface area contributed by atoms with Crippen molar-refractivity contribution in [1.82, 2.24) is 15.0 Å². The summed E-state index contributed by atoms with van der Waals surface area (Å²) in [5, 5.41) is 19.4. The second kappa shape index (κ2) is 6.41. The number of benzene rings is 1. The monoisotopic (exact) mass is 310 g/mol. The molecule has 0 radical (unpaired) electrons. The van der Waals surface area contributed by atoms with E-state index in [1.807, 2.05) is 41.8 Å². The Hall–Kier alpha value is -2.65. The number of thiophene rings is 1. The van der Waals surface area contributed by atoms with E-state index in [0.717, 1.165) is 22.7 Å². The average molecular weight is 310 g/mol. The highest BCUT2D eigenvalue weighted by Gasteiger charge is 2.19. The van der Waals surface area contributed by atoms with Gasteiger partial charge in [-0.05, 0) is 30.0 Å². The van der Waals surface area contributed by atoms with Crippen LogP contribution in [0.2, 0.25) is 0 Å². The first-order chi connectivity index (χ1) is 10.8. The molecule has 22 heavy (non-hydrogen) atoms. The predicted molar refractivity (Wildman–Crippen MR) is 85.2 cm³/mol. The van der Waals surface area contributed by atoms with E-state index in [2.05, 4.69) is 23.3 Å². The van der Waals surface area contributed by atoms with Gasteiger partial charge >= 0.3 is 0 Å². The molecule has 3 rings (SSSR count). The second-order valence-electron chi connectivity index (χ2n) is 4.60. The van der Waals surface area contributed by atoms with Gasteiger partial charge in [-0.1, -0.05) is 30.3 Å². The maximum Gasteiger partial charge on any atom is 0.191 e. The molecule has 1 aromatic carbocycles. The van der Waals surface area contributed by atoms with Gasteiger partial charge in [-0.3, -0.25) is 0 Å². The molecule has 0 atom stereocenters. The maximum atomic E-state index is 9.30. The minimum absolute atomic E-state index is 0.313. The minimum Gasteiger partial charge on any atom is -0.491 e. The predicted octanol–water partition coefficient (Wildman–Crippen LogP) is 3.66. The van der Waals surface area contributed by atoms with Gasteiger partial charge in [0.1, 0.15) is 23.2 Å². The zero-order valence-corrected chi connectivity index (χ0v) is 12.9. The van der Waals surface area contributed by atoms with Crippen LogP contribution in [0.3, 0.4) is 0 Å². The van der Waals surface area contributed by atoms with Gasteiger partial charge in [0.2, 0.25) is 0 Å². The first-order valence-electron chi connectivity index (χ1n) is 6.97. The van der Waals surface area contributed by atoms with Crippen LogP contribution in [0.5, 0.6) is 5.75 Å². The third kappa shape index (κ3) is 2.59. The lowest BCUT2D eigenvalue weighted by Gasteiger charge is -2.11. The van der Waals surface area contributed by atoms with Crippen LogP contribution in [0.15, 0.2) is 41.8 Å². The van der Waals surface area contributed by atoms with Gasteiger partial charge in [-0.2, -0.15) is 5.26 Å². The van der Waals surface area contributed by atoms with Crippen LogP contribution in [0, 0.1) is 11.3 Å². The highest BCUT2D eigenvalue weighted by Crippen LogP contribution is 2.32. The van der Waals surface area contributed by atoms with E-state index in [4.69, 9.17) is 4.74 Å². The van der Waals surface area contributed by atoms with E-state index in [9.17, 15) is 5.26 Å². The third-order valence-corrected chi connectivity index (χ3v) is 3.96. The van der Waals surface area contributed by atoms with E-state index in [-0.39, 0.29) is 0 Å². The number of hydrogen-bond acceptors (Lipinski definition) is 5. The molecule has 0 N–H and O–H groups in total. The minimum atomic E-state index is 0.313.